The molecule has 0 aliphatic heterocycles. The number of thiol groups is 1. The lowest BCUT2D eigenvalue weighted by Gasteiger charge is -2.24. The summed E-state index contributed by atoms with van der Waals surface area (Å²) in [6.45, 7) is 0. The third kappa shape index (κ3) is 4.93. The molecule has 0 amide bonds. The first-order valence-corrected chi connectivity index (χ1v) is 16.4. The molecule has 3 heterocycles. The van der Waals surface area contributed by atoms with Gasteiger partial charge in [0.1, 0.15) is 5.71 Å². The van der Waals surface area contributed by atoms with Gasteiger partial charge in [0.2, 0.25) is 0 Å². The molecule has 230 valence electrons. The fourth-order valence-corrected chi connectivity index (χ4v) is 6.96. The van der Waals surface area contributed by atoms with Crippen LogP contribution in [0.5, 0.6) is 0 Å². The number of pyridine rings is 3. The van der Waals surface area contributed by atoms with Gasteiger partial charge in [0.05, 0.1) is 39.3 Å². The van der Waals surface area contributed by atoms with Crippen LogP contribution in [0.4, 0.5) is 0 Å². The van der Waals surface area contributed by atoms with E-state index < -0.39 is 0 Å². The zero-order chi connectivity index (χ0) is 32.9. The molecule has 8 aromatic rings. The summed E-state index contributed by atoms with van der Waals surface area (Å²) in [5, 5.41) is 12.2. The van der Waals surface area contributed by atoms with E-state index in [4.69, 9.17) is 15.0 Å². The van der Waals surface area contributed by atoms with Crippen LogP contribution >= 0.6 is 12.8 Å². The molecular formula is C43H27N5S. The Balaban J connectivity index is 1.27. The van der Waals surface area contributed by atoms with Crippen LogP contribution in [-0.4, -0.2) is 26.4 Å². The van der Waals surface area contributed by atoms with Crippen molar-refractivity contribution in [3.05, 3.63) is 162 Å². The van der Waals surface area contributed by atoms with Crippen LogP contribution in [0.15, 0.2) is 150 Å². The summed E-state index contributed by atoms with van der Waals surface area (Å²) in [5.74, 6) is 0. The quantitative estimate of drug-likeness (QED) is 0.148. The van der Waals surface area contributed by atoms with Crippen molar-refractivity contribution < 1.29 is 0 Å². The molecule has 5 nitrogen and oxygen atoms in total. The van der Waals surface area contributed by atoms with Gasteiger partial charge in [0, 0.05) is 49.5 Å². The summed E-state index contributed by atoms with van der Waals surface area (Å²) in [6.07, 6.45) is 2.08. The Bertz CT molecular complexity index is 2670. The molecule has 9 rings (SSSR count). The van der Waals surface area contributed by atoms with E-state index in [1.54, 1.807) is 0 Å². The van der Waals surface area contributed by atoms with Gasteiger partial charge in [-0.25, -0.2) is 19.3 Å². The normalized spacial score (nSPS) is 13.6. The number of fused-ring (bicyclic) bond motifs is 6. The van der Waals surface area contributed by atoms with Gasteiger partial charge >= 0.3 is 0 Å². The molecule has 0 bridgehead atoms. The van der Waals surface area contributed by atoms with Gasteiger partial charge < -0.3 is 0 Å². The highest BCUT2D eigenvalue weighted by atomic mass is 32.1. The largest absolute Gasteiger partial charge is 0.298 e. The van der Waals surface area contributed by atoms with Crippen molar-refractivity contribution in [3.63, 3.8) is 0 Å². The first-order valence-electron chi connectivity index (χ1n) is 16.0. The van der Waals surface area contributed by atoms with Crippen molar-refractivity contribution in [2.24, 2.45) is 4.40 Å². The maximum Gasteiger partial charge on any atom is 0.105 e. The first-order chi connectivity index (χ1) is 24.2. The molecule has 0 spiro atoms. The van der Waals surface area contributed by atoms with E-state index in [0.717, 1.165) is 88.7 Å². The average molecular weight is 646 g/mol. The molecule has 0 unspecified atom stereocenters. The van der Waals surface area contributed by atoms with Crippen LogP contribution in [0.2, 0.25) is 0 Å². The van der Waals surface area contributed by atoms with Crippen LogP contribution in [-0.2, 0) is 0 Å². The van der Waals surface area contributed by atoms with E-state index >= 15 is 0 Å². The minimum atomic E-state index is 0.321. The van der Waals surface area contributed by atoms with Gasteiger partial charge in [0.15, 0.2) is 0 Å². The number of aromatic nitrogens is 3. The molecule has 1 aliphatic rings. The van der Waals surface area contributed by atoms with Crippen LogP contribution in [0.1, 0.15) is 16.7 Å². The number of hydrogen-bond donors (Lipinski definition) is 2. The molecule has 0 atom stereocenters. The summed E-state index contributed by atoms with van der Waals surface area (Å²) in [5.41, 5.74) is 12.4. The average Bonchev–Trinajstić information content (AvgIpc) is 3.17. The summed E-state index contributed by atoms with van der Waals surface area (Å²) in [4.78, 5) is 15.5. The molecule has 1 aliphatic carbocycles. The van der Waals surface area contributed by atoms with Gasteiger partial charge in [-0.3, -0.25) is 5.41 Å². The van der Waals surface area contributed by atoms with E-state index in [0.29, 0.717) is 11.4 Å². The summed E-state index contributed by atoms with van der Waals surface area (Å²) >= 11 is 4.43. The second kappa shape index (κ2) is 11.8. The van der Waals surface area contributed by atoms with Crippen molar-refractivity contribution in [2.75, 3.05) is 0 Å². The van der Waals surface area contributed by atoms with Crippen molar-refractivity contribution in [1.82, 2.24) is 15.0 Å². The number of nitrogens with zero attached hydrogens (tertiary/aromatic N) is 4. The lowest BCUT2D eigenvalue weighted by Crippen LogP contribution is -2.22. The zero-order valence-electron chi connectivity index (χ0n) is 26.2. The molecule has 0 fully saturated rings. The van der Waals surface area contributed by atoms with E-state index in [1.165, 1.54) is 0 Å². The van der Waals surface area contributed by atoms with E-state index in [2.05, 4.69) is 96.1 Å². The van der Waals surface area contributed by atoms with Crippen LogP contribution in [0.3, 0.4) is 0 Å². The standard InChI is InChI=1S/C43H27N5S/c44-39-32(26-10-4-1-5-11-26)25-34-38(43(39)48-49)33-24-31(20-23-37(33)47-40(34)28-14-8-3-9-15-28)36-22-19-30-17-16-29-18-21-35(27-12-6-2-7-13-27)45-41(29)42(30)46-36/h1-25,44,49H/b44-39?,48-43-. The predicted octanol–water partition coefficient (Wildman–Crippen LogP) is 10.5. The summed E-state index contributed by atoms with van der Waals surface area (Å²) in [7, 11) is 0. The molecular weight excluding hydrogens is 619 g/mol. The van der Waals surface area contributed by atoms with Crippen LogP contribution in [0, 0.1) is 5.41 Å². The number of rotatable bonds is 4. The van der Waals surface area contributed by atoms with Crippen molar-refractivity contribution >= 4 is 68.6 Å². The third-order valence-corrected chi connectivity index (χ3v) is 9.37. The van der Waals surface area contributed by atoms with E-state index in [1.807, 2.05) is 72.8 Å². The number of nitrogens with one attached hydrogen (secondary N) is 1. The Hall–Kier alpha value is -6.24. The maximum absolute atomic E-state index is 9.30. The zero-order valence-corrected chi connectivity index (χ0v) is 27.1. The Morgan fingerprint density at radius 3 is 1.69 bits per heavy atom. The molecule has 0 saturated heterocycles. The summed E-state index contributed by atoms with van der Waals surface area (Å²) in [6, 6.07) is 49.1. The number of benzene rings is 5. The van der Waals surface area contributed by atoms with Crippen molar-refractivity contribution in [1.29, 1.82) is 5.41 Å². The first kappa shape index (κ1) is 28.9. The highest BCUT2D eigenvalue weighted by Gasteiger charge is 2.29. The molecule has 1 N–H and O–H groups in total. The lowest BCUT2D eigenvalue weighted by molar-refractivity contribution is 1.36. The van der Waals surface area contributed by atoms with Gasteiger partial charge in [-0.1, -0.05) is 121 Å². The molecule has 5 aromatic carbocycles. The number of allylic oxidation sites excluding steroid dienone is 1. The highest BCUT2D eigenvalue weighted by molar-refractivity contribution is 7.79. The minimum Gasteiger partial charge on any atom is -0.298 e. The molecule has 0 saturated carbocycles. The van der Waals surface area contributed by atoms with Gasteiger partial charge in [-0.05, 0) is 48.7 Å². The molecule has 6 heteroatoms. The fourth-order valence-electron chi connectivity index (χ4n) is 6.76. The number of hydrogen-bond acceptors (Lipinski definition) is 6. The predicted molar refractivity (Wildman–Crippen MR) is 206 cm³/mol. The van der Waals surface area contributed by atoms with Crippen molar-refractivity contribution in [3.8, 4) is 33.8 Å². The minimum absolute atomic E-state index is 0.321. The second-order valence-electron chi connectivity index (χ2n) is 12.1. The molecule has 3 aromatic heterocycles. The van der Waals surface area contributed by atoms with Crippen LogP contribution < -0.4 is 0 Å². The Kier molecular flexibility index (Phi) is 6.95. The Morgan fingerprint density at radius 2 is 1.08 bits per heavy atom. The third-order valence-electron chi connectivity index (χ3n) is 9.17. The van der Waals surface area contributed by atoms with Crippen LogP contribution in [0.25, 0.3) is 78.1 Å². The van der Waals surface area contributed by atoms with Gasteiger partial charge in [-0.15, -0.1) is 0 Å². The highest BCUT2D eigenvalue weighted by Crippen LogP contribution is 2.40. The monoisotopic (exact) mass is 645 g/mol. The fraction of sp³-hybridized carbons (Fsp3) is 0. The Morgan fingerprint density at radius 1 is 0.531 bits per heavy atom. The molecule has 0 radical (unpaired) electrons. The topological polar surface area (TPSA) is 74.9 Å². The van der Waals surface area contributed by atoms with Gasteiger partial charge in [-0.2, -0.15) is 0 Å². The van der Waals surface area contributed by atoms with E-state index in [9.17, 15) is 5.41 Å². The smallest absolute Gasteiger partial charge is 0.105 e. The Labute approximate surface area is 288 Å². The summed E-state index contributed by atoms with van der Waals surface area (Å²) < 4.78 is 4.44. The molecule has 49 heavy (non-hydrogen) atoms. The van der Waals surface area contributed by atoms with Gasteiger partial charge in [0.25, 0.3) is 0 Å². The SMILES string of the molecule is N=C1C(c2ccccc2)=Cc2c(-c3ccccc3)nc3ccc(-c4ccc5ccc6ccc(-c7ccccc7)nc6c5n4)cc3c2/C1=N/S. The lowest BCUT2D eigenvalue weighted by atomic mass is 9.82. The maximum atomic E-state index is 9.30. The second-order valence-corrected chi connectivity index (χ2v) is 12.3. The van der Waals surface area contributed by atoms with Crippen molar-refractivity contribution in [2.45, 2.75) is 0 Å². The van der Waals surface area contributed by atoms with E-state index in [-0.39, 0.29) is 0 Å².